The summed E-state index contributed by atoms with van der Waals surface area (Å²) in [5, 5.41) is 6.17. The highest BCUT2D eigenvalue weighted by molar-refractivity contribution is 6.20. The number of ether oxygens (including phenoxy) is 1. The minimum atomic E-state index is -0.141. The zero-order valence-electron chi connectivity index (χ0n) is 19.1. The minimum Gasteiger partial charge on any atom is -0.497 e. The van der Waals surface area contributed by atoms with E-state index in [4.69, 9.17) is 4.74 Å². The molecule has 1 unspecified atom stereocenters. The highest BCUT2D eigenvalue weighted by atomic mass is 16.5. The van der Waals surface area contributed by atoms with Crippen molar-refractivity contribution in [1.29, 1.82) is 0 Å². The van der Waals surface area contributed by atoms with Crippen LogP contribution < -0.4 is 15.4 Å². The quantitative estimate of drug-likeness (QED) is 0.467. The summed E-state index contributed by atoms with van der Waals surface area (Å²) in [6.07, 6.45) is 11.5. The molecule has 1 aliphatic heterocycles. The molecule has 4 rings (SSSR count). The van der Waals surface area contributed by atoms with E-state index in [1.807, 2.05) is 4.90 Å². The van der Waals surface area contributed by atoms with E-state index in [0.717, 1.165) is 25.0 Å². The summed E-state index contributed by atoms with van der Waals surface area (Å²) in [6, 6.07) is 7.06. The van der Waals surface area contributed by atoms with Crippen LogP contribution in [0.5, 0.6) is 5.75 Å². The number of ketones is 2. The molecular formula is C26H31N3O4. The average Bonchev–Trinajstić information content (AvgIpc) is 3.28. The second-order valence-electron chi connectivity index (χ2n) is 8.80. The summed E-state index contributed by atoms with van der Waals surface area (Å²) in [4.78, 5) is 39.7. The fourth-order valence-electron chi connectivity index (χ4n) is 4.56. The van der Waals surface area contributed by atoms with Crippen LogP contribution in [0.3, 0.4) is 0 Å². The maximum Gasteiger partial charge on any atom is 0.226 e. The Labute approximate surface area is 194 Å². The number of anilines is 1. The molecule has 1 fully saturated rings. The van der Waals surface area contributed by atoms with Gasteiger partial charge in [0.05, 0.1) is 19.5 Å². The lowest BCUT2D eigenvalue weighted by Crippen LogP contribution is -2.31. The number of rotatable bonds is 8. The molecule has 33 heavy (non-hydrogen) atoms. The smallest absolute Gasteiger partial charge is 0.226 e. The third-order valence-corrected chi connectivity index (χ3v) is 6.38. The molecule has 1 aromatic carbocycles. The molecule has 2 aliphatic carbocycles. The van der Waals surface area contributed by atoms with Crippen LogP contribution in [-0.2, 0) is 14.4 Å². The summed E-state index contributed by atoms with van der Waals surface area (Å²) in [6.45, 7) is 0.934. The van der Waals surface area contributed by atoms with Crippen molar-refractivity contribution in [2.75, 3.05) is 25.6 Å². The van der Waals surface area contributed by atoms with Gasteiger partial charge in [0.15, 0.2) is 5.78 Å². The molecule has 0 spiro atoms. The van der Waals surface area contributed by atoms with Gasteiger partial charge in [0.25, 0.3) is 0 Å². The number of Topliss-reactive ketones (excluding diaryl/α,β-unsaturated/α-hetero) is 1. The van der Waals surface area contributed by atoms with Gasteiger partial charge in [-0.1, -0.05) is 11.6 Å². The van der Waals surface area contributed by atoms with Gasteiger partial charge in [0.2, 0.25) is 11.7 Å². The highest BCUT2D eigenvalue weighted by Crippen LogP contribution is 2.27. The van der Waals surface area contributed by atoms with E-state index in [1.54, 1.807) is 31.4 Å². The van der Waals surface area contributed by atoms with Crippen molar-refractivity contribution in [2.24, 2.45) is 0 Å². The topological polar surface area (TPSA) is 87.7 Å². The summed E-state index contributed by atoms with van der Waals surface area (Å²) in [5.41, 5.74) is 3.11. The lowest BCUT2D eigenvalue weighted by molar-refractivity contribution is -0.116. The largest absolute Gasteiger partial charge is 0.497 e. The predicted molar refractivity (Wildman–Crippen MR) is 127 cm³/mol. The molecule has 0 radical (unpaired) electrons. The van der Waals surface area contributed by atoms with Crippen molar-refractivity contribution >= 4 is 23.2 Å². The lowest BCUT2D eigenvalue weighted by atomic mass is 9.90. The molecular weight excluding hydrogens is 418 g/mol. The van der Waals surface area contributed by atoms with Crippen LogP contribution in [0.1, 0.15) is 44.9 Å². The van der Waals surface area contributed by atoms with Crippen LogP contribution in [0, 0.1) is 0 Å². The fraction of sp³-hybridized carbons (Fsp3) is 0.423. The number of hydrogen-bond acceptors (Lipinski definition) is 6. The molecule has 2 N–H and O–H groups in total. The monoisotopic (exact) mass is 449 g/mol. The number of carbonyl (C=O) groups excluding carboxylic acids is 3. The first-order chi connectivity index (χ1) is 16.0. The summed E-state index contributed by atoms with van der Waals surface area (Å²) < 4.78 is 5.13. The maximum atomic E-state index is 13.1. The van der Waals surface area contributed by atoms with E-state index in [2.05, 4.69) is 16.7 Å². The first-order valence-electron chi connectivity index (χ1n) is 11.6. The van der Waals surface area contributed by atoms with E-state index in [1.165, 1.54) is 30.6 Å². The van der Waals surface area contributed by atoms with Crippen LogP contribution in [0.15, 0.2) is 59.3 Å². The zero-order chi connectivity index (χ0) is 23.2. The number of nitrogens with zero attached hydrogens (tertiary/aromatic N) is 1. The average molecular weight is 450 g/mol. The Morgan fingerprint density at radius 1 is 1.15 bits per heavy atom. The van der Waals surface area contributed by atoms with Gasteiger partial charge in [0, 0.05) is 36.3 Å². The number of nitrogens with one attached hydrogen (secondary N) is 2. The van der Waals surface area contributed by atoms with E-state index in [9.17, 15) is 14.4 Å². The van der Waals surface area contributed by atoms with Gasteiger partial charge >= 0.3 is 0 Å². The van der Waals surface area contributed by atoms with Crippen LogP contribution in [0.2, 0.25) is 0 Å². The van der Waals surface area contributed by atoms with Crippen LogP contribution >= 0.6 is 0 Å². The fourth-order valence-corrected chi connectivity index (χ4v) is 4.56. The van der Waals surface area contributed by atoms with Gasteiger partial charge in [-0.15, -0.1) is 0 Å². The number of amides is 1. The Morgan fingerprint density at radius 3 is 2.70 bits per heavy atom. The summed E-state index contributed by atoms with van der Waals surface area (Å²) in [7, 11) is 1.60. The SMILES string of the molecule is COc1ccc(NC(=O)CC2CN(C3=CC(=O)C=C(CCC4=CCCCC4)C3=O)CN2)cc1. The zero-order valence-corrected chi connectivity index (χ0v) is 19.1. The Kier molecular flexibility index (Phi) is 7.40. The van der Waals surface area contributed by atoms with Crippen molar-refractivity contribution in [3.63, 3.8) is 0 Å². The number of benzene rings is 1. The van der Waals surface area contributed by atoms with Crippen molar-refractivity contribution in [3.8, 4) is 5.75 Å². The first kappa shape index (κ1) is 23.0. The Hall–Kier alpha value is -3.19. The highest BCUT2D eigenvalue weighted by Gasteiger charge is 2.31. The van der Waals surface area contributed by atoms with Crippen LogP contribution in [0.25, 0.3) is 0 Å². The molecule has 1 aromatic rings. The molecule has 7 nitrogen and oxygen atoms in total. The van der Waals surface area contributed by atoms with Gasteiger partial charge in [-0.05, 0) is 68.9 Å². The molecule has 0 saturated carbocycles. The lowest BCUT2D eigenvalue weighted by Gasteiger charge is -2.23. The van der Waals surface area contributed by atoms with E-state index in [-0.39, 0.29) is 29.9 Å². The second kappa shape index (κ2) is 10.6. The van der Waals surface area contributed by atoms with E-state index < -0.39 is 0 Å². The Bertz CT molecular complexity index is 1010. The van der Waals surface area contributed by atoms with Crippen molar-refractivity contribution in [1.82, 2.24) is 10.2 Å². The predicted octanol–water partition coefficient (Wildman–Crippen LogP) is 3.50. The van der Waals surface area contributed by atoms with Crippen LogP contribution in [0.4, 0.5) is 5.69 Å². The molecule has 174 valence electrons. The van der Waals surface area contributed by atoms with E-state index >= 15 is 0 Å². The molecule has 0 aromatic heterocycles. The minimum absolute atomic E-state index is 0.0730. The van der Waals surface area contributed by atoms with Gasteiger partial charge in [0.1, 0.15) is 5.75 Å². The molecule has 1 heterocycles. The van der Waals surface area contributed by atoms with Gasteiger partial charge in [-0.2, -0.15) is 0 Å². The van der Waals surface area contributed by atoms with Gasteiger partial charge < -0.3 is 15.0 Å². The first-order valence-corrected chi connectivity index (χ1v) is 11.6. The number of allylic oxidation sites excluding steroid dienone is 5. The maximum absolute atomic E-state index is 13.1. The number of methoxy groups -OCH3 is 1. The van der Waals surface area contributed by atoms with Gasteiger partial charge in [-0.3, -0.25) is 19.7 Å². The molecule has 3 aliphatic rings. The molecule has 7 heteroatoms. The number of carbonyl (C=O) groups is 3. The molecule has 1 saturated heterocycles. The summed E-state index contributed by atoms with van der Waals surface area (Å²) in [5.74, 6) is 0.403. The van der Waals surface area contributed by atoms with Crippen molar-refractivity contribution in [3.05, 3.63) is 59.3 Å². The normalized spacial score (nSPS) is 20.8. The molecule has 0 bridgehead atoms. The van der Waals surface area contributed by atoms with Gasteiger partial charge in [-0.25, -0.2) is 0 Å². The second-order valence-corrected chi connectivity index (χ2v) is 8.80. The molecule has 1 amide bonds. The van der Waals surface area contributed by atoms with Crippen molar-refractivity contribution in [2.45, 2.75) is 51.0 Å². The third-order valence-electron chi connectivity index (χ3n) is 6.38. The Morgan fingerprint density at radius 2 is 1.97 bits per heavy atom. The van der Waals surface area contributed by atoms with Crippen molar-refractivity contribution < 1.29 is 19.1 Å². The Balaban J connectivity index is 1.30. The van der Waals surface area contributed by atoms with Crippen LogP contribution in [-0.4, -0.2) is 48.7 Å². The number of hydrogen-bond donors (Lipinski definition) is 2. The summed E-state index contributed by atoms with van der Waals surface area (Å²) >= 11 is 0. The molecule has 1 atom stereocenters. The van der Waals surface area contributed by atoms with E-state index in [0.29, 0.717) is 36.6 Å². The standard InChI is InChI=1S/C26H31N3O4/c1-33-23-11-9-20(10-12-23)28-25(31)14-21-16-29(17-27-21)24-15-22(30)13-19(26(24)32)8-7-18-5-3-2-4-6-18/h5,9-13,15,21,27H,2-4,6-8,14,16-17H2,1H3,(H,28,31). The third kappa shape index (κ3) is 5.99.